The third-order valence-corrected chi connectivity index (χ3v) is 1.49. The summed E-state index contributed by atoms with van der Waals surface area (Å²) in [6.07, 6.45) is 1.44. The summed E-state index contributed by atoms with van der Waals surface area (Å²) in [4.78, 5) is 10.1. The maximum Gasteiger partial charge on any atom is 0.404 e. The Morgan fingerprint density at radius 3 is 2.21 bits per heavy atom. The minimum atomic E-state index is -0.771. The molecule has 0 unspecified atom stereocenters. The first kappa shape index (κ1) is 13.2. The monoisotopic (exact) mass is 205 g/mol. The van der Waals surface area contributed by atoms with Gasteiger partial charge in [0.05, 0.1) is 19.8 Å². The molecule has 0 atom stereocenters. The quantitative estimate of drug-likeness (QED) is 0.568. The van der Waals surface area contributed by atoms with Gasteiger partial charge in [-0.25, -0.2) is 4.79 Å². The predicted octanol–water partition coefficient (Wildman–Crippen LogP) is 0.915. The Labute approximate surface area is 84.5 Å². The molecule has 0 radical (unpaired) electrons. The number of carbonyl (C=O) groups is 1. The van der Waals surface area contributed by atoms with Crippen molar-refractivity contribution in [1.29, 1.82) is 0 Å². The largest absolute Gasteiger partial charge is 0.447 e. The zero-order valence-corrected chi connectivity index (χ0v) is 8.66. The molecule has 0 bridgehead atoms. The van der Waals surface area contributed by atoms with Crippen LogP contribution in [0.2, 0.25) is 0 Å². The number of rotatable bonds is 9. The van der Waals surface area contributed by atoms with E-state index in [9.17, 15) is 4.79 Å². The molecule has 0 aliphatic rings. The Morgan fingerprint density at radius 2 is 1.64 bits per heavy atom. The standard InChI is InChI=1S/C9H19NO4/c1-2-3-4-12-5-6-13-7-8-14-9(10)11/h2-8H2,1H3,(H2,10,11). The lowest BCUT2D eigenvalue weighted by Gasteiger charge is -2.05. The fourth-order valence-corrected chi connectivity index (χ4v) is 0.770. The average Bonchev–Trinajstić information content (AvgIpc) is 2.15. The molecule has 0 spiro atoms. The van der Waals surface area contributed by atoms with E-state index in [-0.39, 0.29) is 6.61 Å². The number of unbranched alkanes of at least 4 members (excludes halogenated alkanes) is 1. The molecule has 1 amide bonds. The average molecular weight is 205 g/mol. The summed E-state index contributed by atoms with van der Waals surface area (Å²) >= 11 is 0. The maximum absolute atomic E-state index is 10.1. The van der Waals surface area contributed by atoms with Gasteiger partial charge in [0.2, 0.25) is 0 Å². The van der Waals surface area contributed by atoms with Gasteiger partial charge in [0.15, 0.2) is 0 Å². The van der Waals surface area contributed by atoms with Crippen molar-refractivity contribution in [3.63, 3.8) is 0 Å². The number of hydrogen-bond donors (Lipinski definition) is 1. The molecule has 0 aliphatic heterocycles. The van der Waals surface area contributed by atoms with Gasteiger partial charge in [-0.1, -0.05) is 13.3 Å². The van der Waals surface area contributed by atoms with Gasteiger partial charge < -0.3 is 19.9 Å². The third-order valence-electron chi connectivity index (χ3n) is 1.49. The summed E-state index contributed by atoms with van der Waals surface area (Å²) < 4.78 is 14.8. The van der Waals surface area contributed by atoms with Crippen molar-refractivity contribution < 1.29 is 19.0 Å². The molecule has 0 saturated heterocycles. The van der Waals surface area contributed by atoms with Crippen LogP contribution in [-0.4, -0.2) is 39.1 Å². The molecule has 0 aromatic heterocycles. The number of primary amides is 1. The van der Waals surface area contributed by atoms with Crippen molar-refractivity contribution in [1.82, 2.24) is 0 Å². The SMILES string of the molecule is CCCCOCCOCCOC(N)=O. The maximum atomic E-state index is 10.1. The van der Waals surface area contributed by atoms with E-state index >= 15 is 0 Å². The van der Waals surface area contributed by atoms with Gasteiger partial charge in [0, 0.05) is 6.61 Å². The highest BCUT2D eigenvalue weighted by atomic mass is 16.6. The Hall–Kier alpha value is -0.810. The molecule has 2 N–H and O–H groups in total. The fraction of sp³-hybridized carbons (Fsp3) is 0.889. The second-order valence-electron chi connectivity index (χ2n) is 2.75. The van der Waals surface area contributed by atoms with E-state index in [1.165, 1.54) is 0 Å². The molecular weight excluding hydrogens is 186 g/mol. The van der Waals surface area contributed by atoms with Gasteiger partial charge in [-0.3, -0.25) is 0 Å². The van der Waals surface area contributed by atoms with Crippen LogP contribution in [0.4, 0.5) is 4.79 Å². The summed E-state index contributed by atoms with van der Waals surface area (Å²) in [5, 5.41) is 0. The van der Waals surface area contributed by atoms with Crippen molar-refractivity contribution >= 4 is 6.09 Å². The van der Waals surface area contributed by atoms with Gasteiger partial charge in [0.1, 0.15) is 6.61 Å². The number of amides is 1. The van der Waals surface area contributed by atoms with Crippen LogP contribution in [0, 0.1) is 0 Å². The Morgan fingerprint density at radius 1 is 1.07 bits per heavy atom. The van der Waals surface area contributed by atoms with Crippen LogP contribution in [0.3, 0.4) is 0 Å². The fourth-order valence-electron chi connectivity index (χ4n) is 0.770. The highest BCUT2D eigenvalue weighted by molar-refractivity contribution is 5.64. The zero-order valence-electron chi connectivity index (χ0n) is 8.66. The molecule has 0 aromatic rings. The van der Waals surface area contributed by atoms with Crippen molar-refractivity contribution in [3.05, 3.63) is 0 Å². The molecular formula is C9H19NO4. The van der Waals surface area contributed by atoms with Gasteiger partial charge >= 0.3 is 6.09 Å². The lowest BCUT2D eigenvalue weighted by atomic mass is 10.4. The smallest absolute Gasteiger partial charge is 0.404 e. The molecule has 0 saturated carbocycles. The Balaban J connectivity index is 2.88. The summed E-state index contributed by atoms with van der Waals surface area (Å²) in [6.45, 7) is 4.55. The van der Waals surface area contributed by atoms with Crippen LogP contribution < -0.4 is 5.73 Å². The van der Waals surface area contributed by atoms with Crippen LogP contribution >= 0.6 is 0 Å². The summed E-state index contributed by atoms with van der Waals surface area (Å²) in [7, 11) is 0. The van der Waals surface area contributed by atoms with E-state index in [0.29, 0.717) is 19.8 Å². The first-order valence-corrected chi connectivity index (χ1v) is 4.85. The van der Waals surface area contributed by atoms with Crippen LogP contribution in [0.15, 0.2) is 0 Å². The van der Waals surface area contributed by atoms with Crippen LogP contribution in [0.1, 0.15) is 19.8 Å². The first-order chi connectivity index (χ1) is 6.77. The van der Waals surface area contributed by atoms with Crippen molar-refractivity contribution in [3.8, 4) is 0 Å². The van der Waals surface area contributed by atoms with Gasteiger partial charge in [-0.15, -0.1) is 0 Å². The normalized spacial score (nSPS) is 10.1. The van der Waals surface area contributed by atoms with Crippen LogP contribution in [-0.2, 0) is 14.2 Å². The summed E-state index contributed by atoms with van der Waals surface area (Å²) in [5.41, 5.74) is 4.75. The summed E-state index contributed by atoms with van der Waals surface area (Å²) in [6, 6.07) is 0. The van der Waals surface area contributed by atoms with Gasteiger partial charge in [0.25, 0.3) is 0 Å². The molecule has 14 heavy (non-hydrogen) atoms. The topological polar surface area (TPSA) is 70.8 Å². The lowest BCUT2D eigenvalue weighted by molar-refractivity contribution is 0.0286. The Kier molecular flexibility index (Phi) is 9.68. The highest BCUT2D eigenvalue weighted by Crippen LogP contribution is 1.87. The number of ether oxygens (including phenoxy) is 3. The van der Waals surface area contributed by atoms with E-state index in [1.54, 1.807) is 0 Å². The van der Waals surface area contributed by atoms with E-state index in [4.69, 9.17) is 15.2 Å². The van der Waals surface area contributed by atoms with Gasteiger partial charge in [-0.05, 0) is 6.42 Å². The van der Waals surface area contributed by atoms with E-state index < -0.39 is 6.09 Å². The van der Waals surface area contributed by atoms with E-state index in [0.717, 1.165) is 19.4 Å². The number of carbonyl (C=O) groups excluding carboxylic acids is 1. The van der Waals surface area contributed by atoms with Crippen molar-refractivity contribution in [2.24, 2.45) is 5.73 Å². The molecule has 0 aromatic carbocycles. The molecule has 84 valence electrons. The predicted molar refractivity (Wildman–Crippen MR) is 52.1 cm³/mol. The molecule has 0 rings (SSSR count). The van der Waals surface area contributed by atoms with Crippen molar-refractivity contribution in [2.75, 3.05) is 33.0 Å². The number of nitrogens with two attached hydrogens (primary N) is 1. The molecule has 0 fully saturated rings. The molecule has 5 heteroatoms. The third kappa shape index (κ3) is 11.2. The van der Waals surface area contributed by atoms with Crippen LogP contribution in [0.5, 0.6) is 0 Å². The first-order valence-electron chi connectivity index (χ1n) is 4.85. The van der Waals surface area contributed by atoms with Gasteiger partial charge in [-0.2, -0.15) is 0 Å². The van der Waals surface area contributed by atoms with E-state index in [2.05, 4.69) is 11.7 Å². The molecule has 0 heterocycles. The highest BCUT2D eigenvalue weighted by Gasteiger charge is 1.93. The molecule has 5 nitrogen and oxygen atoms in total. The summed E-state index contributed by atoms with van der Waals surface area (Å²) in [5.74, 6) is 0. The van der Waals surface area contributed by atoms with Crippen molar-refractivity contribution in [2.45, 2.75) is 19.8 Å². The van der Waals surface area contributed by atoms with E-state index in [1.807, 2.05) is 0 Å². The minimum absolute atomic E-state index is 0.199. The zero-order chi connectivity index (χ0) is 10.6. The number of hydrogen-bond acceptors (Lipinski definition) is 4. The second kappa shape index (κ2) is 10.3. The molecule has 0 aliphatic carbocycles. The second-order valence-corrected chi connectivity index (χ2v) is 2.75. The Bertz CT molecular complexity index is 141. The lowest BCUT2D eigenvalue weighted by Crippen LogP contribution is -2.17. The minimum Gasteiger partial charge on any atom is -0.447 e. The van der Waals surface area contributed by atoms with Crippen LogP contribution in [0.25, 0.3) is 0 Å².